The third-order valence-corrected chi connectivity index (χ3v) is 6.83. The molecule has 2 aliphatic heterocycles. The van der Waals surface area contributed by atoms with Gasteiger partial charge in [0.1, 0.15) is 40.7 Å². The number of aliphatic hydroxyl groups is 1. The number of hydrogen-bond acceptors (Lipinski definition) is 8. The number of benzene rings is 1. The molecule has 0 bridgehead atoms. The van der Waals surface area contributed by atoms with Crippen LogP contribution in [0.2, 0.25) is 0 Å². The molecule has 11 heteroatoms. The summed E-state index contributed by atoms with van der Waals surface area (Å²) in [6.07, 6.45) is 2.07. The molecular formula is C27H27F3N4O4. The molecule has 1 aromatic carbocycles. The molecule has 200 valence electrons. The standard InChI is InChI=1S/C27H27F3N4O4/c1-14-10-34(11-21(31)27(14)36)23-4-5-32-9-15(23)6-24(35)22-3-2-18(28)26(33-22)25-19(29)7-16(8-20(25)30)38-17-12-37-13-17/h2-5,7-9,14,17,21,27,36H,6,10-13,31H2,1H3/t14-,21+,27+/m0/s1. The van der Waals surface area contributed by atoms with E-state index in [2.05, 4.69) is 9.97 Å². The molecule has 5 rings (SSSR count). The first kappa shape index (κ1) is 26.1. The number of nitrogens with two attached hydrogens (primary N) is 1. The number of Topliss-reactive ketones (excluding diaryl/α,β-unsaturated/α-hetero) is 1. The zero-order valence-electron chi connectivity index (χ0n) is 20.6. The summed E-state index contributed by atoms with van der Waals surface area (Å²) in [6, 6.07) is 5.34. The van der Waals surface area contributed by atoms with E-state index in [9.17, 15) is 23.1 Å². The highest BCUT2D eigenvalue weighted by Gasteiger charge is 2.32. The molecule has 0 radical (unpaired) electrons. The molecule has 0 unspecified atom stereocenters. The summed E-state index contributed by atoms with van der Waals surface area (Å²) in [5.41, 5.74) is 5.96. The van der Waals surface area contributed by atoms with E-state index in [0.717, 1.165) is 23.9 Å². The van der Waals surface area contributed by atoms with E-state index in [4.69, 9.17) is 15.2 Å². The molecule has 0 spiro atoms. The predicted molar refractivity (Wildman–Crippen MR) is 132 cm³/mol. The van der Waals surface area contributed by atoms with Crippen molar-refractivity contribution in [3.63, 3.8) is 0 Å². The molecule has 3 aromatic rings. The number of rotatable bonds is 7. The average Bonchev–Trinajstić information content (AvgIpc) is 2.85. The Morgan fingerprint density at radius 1 is 1.16 bits per heavy atom. The Labute approximate surface area is 217 Å². The van der Waals surface area contributed by atoms with Gasteiger partial charge in [-0.15, -0.1) is 0 Å². The van der Waals surface area contributed by atoms with Gasteiger partial charge in [-0.1, -0.05) is 6.92 Å². The number of anilines is 1. The number of ketones is 1. The summed E-state index contributed by atoms with van der Waals surface area (Å²) >= 11 is 0. The van der Waals surface area contributed by atoms with Gasteiger partial charge in [-0.05, 0) is 18.2 Å². The molecule has 2 saturated heterocycles. The third kappa shape index (κ3) is 5.22. The lowest BCUT2D eigenvalue weighted by Gasteiger charge is -2.40. The normalized spacial score (nSPS) is 21.7. The second-order valence-electron chi connectivity index (χ2n) is 9.71. The maximum atomic E-state index is 14.9. The number of ether oxygens (including phenoxy) is 2. The van der Waals surface area contributed by atoms with Gasteiger partial charge in [-0.3, -0.25) is 9.78 Å². The summed E-state index contributed by atoms with van der Waals surface area (Å²) in [4.78, 5) is 23.3. The van der Waals surface area contributed by atoms with Gasteiger partial charge >= 0.3 is 0 Å². The number of carbonyl (C=O) groups is 1. The summed E-state index contributed by atoms with van der Waals surface area (Å²) < 4.78 is 54.9. The largest absolute Gasteiger partial charge is 0.485 e. The first-order valence-electron chi connectivity index (χ1n) is 12.3. The van der Waals surface area contributed by atoms with Crippen LogP contribution in [0, 0.1) is 23.4 Å². The highest BCUT2D eigenvalue weighted by atomic mass is 19.1. The van der Waals surface area contributed by atoms with Crippen LogP contribution >= 0.6 is 0 Å². The van der Waals surface area contributed by atoms with Crippen molar-refractivity contribution in [2.45, 2.75) is 31.6 Å². The van der Waals surface area contributed by atoms with Crippen molar-refractivity contribution < 1.29 is 32.5 Å². The number of aromatic nitrogens is 2. The van der Waals surface area contributed by atoms with Crippen LogP contribution in [-0.4, -0.2) is 65.4 Å². The number of halogens is 3. The number of nitrogens with zero attached hydrogens (tertiary/aromatic N) is 3. The van der Waals surface area contributed by atoms with E-state index in [0.29, 0.717) is 31.9 Å². The molecule has 2 fully saturated rings. The fraction of sp³-hybridized carbons (Fsp3) is 0.370. The first-order chi connectivity index (χ1) is 18.2. The van der Waals surface area contributed by atoms with E-state index in [1.165, 1.54) is 6.07 Å². The van der Waals surface area contributed by atoms with Crippen LogP contribution in [-0.2, 0) is 11.2 Å². The third-order valence-electron chi connectivity index (χ3n) is 6.83. The number of hydrogen-bond donors (Lipinski definition) is 2. The van der Waals surface area contributed by atoms with Crippen molar-refractivity contribution in [1.82, 2.24) is 9.97 Å². The van der Waals surface area contributed by atoms with Gasteiger partial charge in [0.05, 0.1) is 24.9 Å². The monoisotopic (exact) mass is 528 g/mol. The van der Waals surface area contributed by atoms with Gasteiger partial charge in [0, 0.05) is 67.2 Å². The van der Waals surface area contributed by atoms with Crippen molar-refractivity contribution in [2.75, 3.05) is 31.2 Å². The lowest BCUT2D eigenvalue weighted by Crippen LogP contribution is -2.55. The zero-order valence-corrected chi connectivity index (χ0v) is 20.6. The van der Waals surface area contributed by atoms with E-state index in [1.807, 2.05) is 11.8 Å². The second kappa shape index (κ2) is 10.7. The van der Waals surface area contributed by atoms with Crippen LogP contribution in [0.15, 0.2) is 42.7 Å². The molecule has 0 amide bonds. The molecule has 4 heterocycles. The molecule has 0 aliphatic carbocycles. The first-order valence-corrected chi connectivity index (χ1v) is 12.3. The van der Waals surface area contributed by atoms with Crippen molar-refractivity contribution in [3.8, 4) is 17.0 Å². The van der Waals surface area contributed by atoms with Crippen LogP contribution in [0.4, 0.5) is 18.9 Å². The molecule has 3 N–H and O–H groups in total. The molecule has 2 aromatic heterocycles. The molecule has 0 saturated carbocycles. The van der Waals surface area contributed by atoms with Gasteiger partial charge in [0.2, 0.25) is 0 Å². The van der Waals surface area contributed by atoms with Crippen molar-refractivity contribution in [1.29, 1.82) is 0 Å². The van der Waals surface area contributed by atoms with Gasteiger partial charge in [-0.25, -0.2) is 18.2 Å². The van der Waals surface area contributed by atoms with Crippen LogP contribution in [0.1, 0.15) is 23.0 Å². The quantitative estimate of drug-likeness (QED) is 0.451. The van der Waals surface area contributed by atoms with Gasteiger partial charge in [0.15, 0.2) is 5.78 Å². The van der Waals surface area contributed by atoms with Gasteiger partial charge in [-0.2, -0.15) is 0 Å². The minimum absolute atomic E-state index is 0.0481. The molecule has 8 nitrogen and oxygen atoms in total. The number of piperidine rings is 1. The van der Waals surface area contributed by atoms with Crippen LogP contribution in [0.3, 0.4) is 0 Å². The lowest BCUT2D eigenvalue weighted by molar-refractivity contribution is -0.0798. The predicted octanol–water partition coefficient (Wildman–Crippen LogP) is 2.91. The maximum absolute atomic E-state index is 14.9. The molecule has 3 atom stereocenters. The van der Waals surface area contributed by atoms with Crippen molar-refractivity contribution >= 4 is 11.5 Å². The lowest BCUT2D eigenvalue weighted by atomic mass is 9.92. The fourth-order valence-electron chi connectivity index (χ4n) is 4.73. The van der Waals surface area contributed by atoms with Crippen molar-refractivity contribution in [2.24, 2.45) is 11.7 Å². The Bertz CT molecular complexity index is 1320. The summed E-state index contributed by atoms with van der Waals surface area (Å²) in [5, 5.41) is 10.2. The van der Waals surface area contributed by atoms with E-state index in [1.54, 1.807) is 18.5 Å². The topological polar surface area (TPSA) is 111 Å². The molecule has 38 heavy (non-hydrogen) atoms. The Morgan fingerprint density at radius 2 is 1.89 bits per heavy atom. The molecular weight excluding hydrogens is 501 g/mol. The van der Waals surface area contributed by atoms with Crippen molar-refractivity contribution in [3.05, 3.63) is 71.4 Å². The fourth-order valence-corrected chi connectivity index (χ4v) is 4.73. The Morgan fingerprint density at radius 3 is 2.55 bits per heavy atom. The summed E-state index contributed by atoms with van der Waals surface area (Å²) in [5.74, 6) is -3.72. The van der Waals surface area contributed by atoms with Crippen LogP contribution < -0.4 is 15.4 Å². The van der Waals surface area contributed by atoms with E-state index >= 15 is 0 Å². The Kier molecular flexibility index (Phi) is 7.33. The second-order valence-corrected chi connectivity index (χ2v) is 9.71. The Hall–Kier alpha value is -3.54. The van der Waals surface area contributed by atoms with Crippen LogP contribution in [0.5, 0.6) is 5.75 Å². The highest BCUT2D eigenvalue weighted by Crippen LogP contribution is 2.32. The SMILES string of the molecule is C[C@H]1CN(c2ccncc2CC(=O)c2ccc(F)c(-c3c(F)cc(OC4COC4)cc3F)n2)C[C@@H](N)[C@@H]1O. The zero-order chi connectivity index (χ0) is 27.0. The number of pyridine rings is 2. The van der Waals surface area contributed by atoms with Gasteiger partial charge in [0.25, 0.3) is 0 Å². The summed E-state index contributed by atoms with van der Waals surface area (Å²) in [7, 11) is 0. The van der Waals surface area contributed by atoms with E-state index in [-0.39, 0.29) is 29.9 Å². The minimum Gasteiger partial charge on any atom is -0.485 e. The van der Waals surface area contributed by atoms with E-state index < -0.39 is 46.6 Å². The maximum Gasteiger partial charge on any atom is 0.185 e. The minimum atomic E-state index is -1.07. The van der Waals surface area contributed by atoms with Gasteiger partial charge < -0.3 is 25.2 Å². The summed E-state index contributed by atoms with van der Waals surface area (Å²) in [6.45, 7) is 3.45. The Balaban J connectivity index is 1.40. The number of aliphatic hydroxyl groups excluding tert-OH is 1. The number of carbonyl (C=O) groups excluding carboxylic acids is 1. The molecule has 2 aliphatic rings. The smallest absolute Gasteiger partial charge is 0.185 e. The highest BCUT2D eigenvalue weighted by molar-refractivity contribution is 5.97. The average molecular weight is 529 g/mol. The van der Waals surface area contributed by atoms with Crippen LogP contribution in [0.25, 0.3) is 11.3 Å².